The Bertz CT molecular complexity index is 354. The fraction of sp³-hybridized carbons (Fsp3) is 0.867. The number of hydrogen-bond acceptors (Lipinski definition) is 1. The van der Waals surface area contributed by atoms with Gasteiger partial charge in [-0.25, -0.2) is 0 Å². The van der Waals surface area contributed by atoms with E-state index in [1.807, 2.05) is 0 Å². The third-order valence-corrected chi connectivity index (χ3v) is 5.76. The fourth-order valence-corrected chi connectivity index (χ4v) is 4.50. The third kappa shape index (κ3) is 1.11. The zero-order valence-electron chi connectivity index (χ0n) is 11.1. The van der Waals surface area contributed by atoms with E-state index in [0.29, 0.717) is 5.41 Å². The average molecular weight is 220 g/mol. The fourth-order valence-electron chi connectivity index (χ4n) is 4.50. The summed E-state index contributed by atoms with van der Waals surface area (Å²) < 4.78 is 6.61. The highest BCUT2D eigenvalue weighted by molar-refractivity contribution is 5.29. The maximum atomic E-state index is 6.61. The van der Waals surface area contributed by atoms with Gasteiger partial charge in [-0.2, -0.15) is 0 Å². The highest BCUT2D eigenvalue weighted by atomic mass is 16.5. The summed E-state index contributed by atoms with van der Waals surface area (Å²) in [6.45, 7) is 9.34. The van der Waals surface area contributed by atoms with Gasteiger partial charge in [-0.1, -0.05) is 13.0 Å². The first kappa shape index (κ1) is 10.8. The molecule has 3 aliphatic rings. The van der Waals surface area contributed by atoms with Crippen molar-refractivity contribution in [1.82, 2.24) is 0 Å². The summed E-state index contributed by atoms with van der Waals surface area (Å²) in [5.74, 6) is 0.766. The number of allylic oxidation sites excluding steroid dienone is 1. The molecule has 2 fully saturated rings. The predicted molar refractivity (Wildman–Crippen MR) is 66.3 cm³/mol. The molecule has 0 aromatic heterocycles. The van der Waals surface area contributed by atoms with Gasteiger partial charge in [0.2, 0.25) is 0 Å². The molecule has 1 saturated carbocycles. The molecule has 1 spiro atoms. The summed E-state index contributed by atoms with van der Waals surface area (Å²) in [6.07, 6.45) is 8.96. The van der Waals surface area contributed by atoms with Crippen LogP contribution in [0.2, 0.25) is 0 Å². The van der Waals surface area contributed by atoms with Gasteiger partial charge < -0.3 is 4.74 Å². The monoisotopic (exact) mass is 220 g/mol. The first-order valence-electron chi connectivity index (χ1n) is 6.77. The van der Waals surface area contributed by atoms with E-state index in [4.69, 9.17) is 4.74 Å². The van der Waals surface area contributed by atoms with Gasteiger partial charge in [-0.05, 0) is 64.4 Å². The van der Waals surface area contributed by atoms with Crippen molar-refractivity contribution in [3.8, 4) is 0 Å². The Balaban J connectivity index is 2.11. The van der Waals surface area contributed by atoms with Crippen molar-refractivity contribution in [1.29, 1.82) is 0 Å². The molecule has 3 rings (SSSR count). The standard InChI is InChI=1S/C15H24O/c1-11-6-5-8-14(4)9-7-12-10-15(11,14)16-13(12,2)3/h6,12H,5,7-10H2,1-4H3. The summed E-state index contributed by atoms with van der Waals surface area (Å²) >= 11 is 0. The minimum Gasteiger partial charge on any atom is -0.364 e. The molecule has 1 aliphatic heterocycles. The van der Waals surface area contributed by atoms with Crippen LogP contribution in [0.4, 0.5) is 0 Å². The molecule has 2 bridgehead atoms. The van der Waals surface area contributed by atoms with Crippen LogP contribution in [0.1, 0.15) is 59.8 Å². The van der Waals surface area contributed by atoms with Crippen molar-refractivity contribution in [3.05, 3.63) is 11.6 Å². The van der Waals surface area contributed by atoms with E-state index < -0.39 is 0 Å². The molecule has 0 aromatic carbocycles. The molecule has 0 radical (unpaired) electrons. The Morgan fingerprint density at radius 3 is 2.75 bits per heavy atom. The minimum absolute atomic E-state index is 0.0810. The van der Waals surface area contributed by atoms with Crippen molar-refractivity contribution in [2.75, 3.05) is 0 Å². The molecule has 1 heteroatoms. The number of hydrogen-bond donors (Lipinski definition) is 0. The quantitative estimate of drug-likeness (QED) is 0.559. The summed E-state index contributed by atoms with van der Waals surface area (Å²) in [7, 11) is 0. The Kier molecular flexibility index (Phi) is 1.98. The van der Waals surface area contributed by atoms with Gasteiger partial charge in [-0.15, -0.1) is 0 Å². The van der Waals surface area contributed by atoms with Crippen molar-refractivity contribution in [2.24, 2.45) is 11.3 Å². The molecule has 0 N–H and O–H groups in total. The number of ether oxygens (including phenoxy) is 1. The van der Waals surface area contributed by atoms with E-state index in [0.717, 1.165) is 5.92 Å². The highest BCUT2D eigenvalue weighted by Gasteiger charge is 2.63. The van der Waals surface area contributed by atoms with Gasteiger partial charge in [0, 0.05) is 5.41 Å². The largest absolute Gasteiger partial charge is 0.364 e. The van der Waals surface area contributed by atoms with Gasteiger partial charge in [0.25, 0.3) is 0 Å². The van der Waals surface area contributed by atoms with Crippen LogP contribution >= 0.6 is 0 Å². The molecule has 0 amide bonds. The average Bonchev–Trinajstić information content (AvgIpc) is 2.42. The lowest BCUT2D eigenvalue weighted by molar-refractivity contribution is -0.130. The Hall–Kier alpha value is -0.300. The molecule has 90 valence electrons. The molecule has 1 nitrogen and oxygen atoms in total. The maximum absolute atomic E-state index is 6.61. The number of fused-ring (bicyclic) bond motifs is 1. The van der Waals surface area contributed by atoms with Crippen molar-refractivity contribution < 1.29 is 4.74 Å². The van der Waals surface area contributed by atoms with Gasteiger partial charge >= 0.3 is 0 Å². The van der Waals surface area contributed by atoms with Crippen molar-refractivity contribution in [2.45, 2.75) is 71.0 Å². The first-order chi connectivity index (χ1) is 7.40. The van der Waals surface area contributed by atoms with Gasteiger partial charge in [0.05, 0.1) is 11.2 Å². The molecule has 1 heterocycles. The summed E-state index contributed by atoms with van der Waals surface area (Å²) in [6, 6.07) is 0. The second-order valence-electron chi connectivity index (χ2n) is 6.96. The third-order valence-electron chi connectivity index (χ3n) is 5.76. The van der Waals surface area contributed by atoms with E-state index >= 15 is 0 Å². The van der Waals surface area contributed by atoms with Crippen LogP contribution in [0.15, 0.2) is 11.6 Å². The predicted octanol–water partition coefficient (Wildman–Crippen LogP) is 4.08. The van der Waals surface area contributed by atoms with Crippen molar-refractivity contribution >= 4 is 0 Å². The topological polar surface area (TPSA) is 9.23 Å². The van der Waals surface area contributed by atoms with E-state index in [9.17, 15) is 0 Å². The molecule has 3 atom stereocenters. The Morgan fingerprint density at radius 2 is 2.00 bits per heavy atom. The smallest absolute Gasteiger partial charge is 0.0953 e. The first-order valence-corrected chi connectivity index (χ1v) is 6.77. The minimum atomic E-state index is 0.0810. The highest BCUT2D eigenvalue weighted by Crippen LogP contribution is 2.64. The zero-order chi connectivity index (χ0) is 11.6. The lowest BCUT2D eigenvalue weighted by Gasteiger charge is -2.51. The van der Waals surface area contributed by atoms with Crippen LogP contribution in [0.3, 0.4) is 0 Å². The van der Waals surface area contributed by atoms with Gasteiger partial charge in [0.15, 0.2) is 0 Å². The molecular formula is C15H24O. The van der Waals surface area contributed by atoms with Crippen LogP contribution in [0, 0.1) is 11.3 Å². The number of rotatable bonds is 0. The molecule has 16 heavy (non-hydrogen) atoms. The molecule has 1 saturated heterocycles. The molecule has 2 aliphatic carbocycles. The Morgan fingerprint density at radius 1 is 1.25 bits per heavy atom. The van der Waals surface area contributed by atoms with Gasteiger partial charge in [0.1, 0.15) is 0 Å². The van der Waals surface area contributed by atoms with E-state index in [1.54, 1.807) is 0 Å². The lowest BCUT2D eigenvalue weighted by Crippen LogP contribution is -2.51. The van der Waals surface area contributed by atoms with Crippen LogP contribution in [-0.4, -0.2) is 11.2 Å². The van der Waals surface area contributed by atoms with Crippen LogP contribution in [0.5, 0.6) is 0 Å². The van der Waals surface area contributed by atoms with Gasteiger partial charge in [-0.3, -0.25) is 0 Å². The lowest BCUT2D eigenvalue weighted by atomic mass is 9.56. The Labute approximate surface area is 99.3 Å². The second kappa shape index (κ2) is 2.93. The van der Waals surface area contributed by atoms with Crippen molar-refractivity contribution in [3.63, 3.8) is 0 Å². The summed E-state index contributed by atoms with van der Waals surface area (Å²) in [5, 5.41) is 0. The van der Waals surface area contributed by atoms with Crippen LogP contribution < -0.4 is 0 Å². The van der Waals surface area contributed by atoms with E-state index in [2.05, 4.69) is 33.8 Å². The summed E-state index contributed by atoms with van der Waals surface area (Å²) in [5.41, 5.74) is 2.08. The second-order valence-corrected chi connectivity index (χ2v) is 6.96. The molecular weight excluding hydrogens is 196 g/mol. The molecule has 3 unspecified atom stereocenters. The maximum Gasteiger partial charge on any atom is 0.0953 e. The molecule has 0 aromatic rings. The normalized spacial score (nSPS) is 49.8. The zero-order valence-corrected chi connectivity index (χ0v) is 11.1. The van der Waals surface area contributed by atoms with E-state index in [1.165, 1.54) is 37.7 Å². The summed E-state index contributed by atoms with van der Waals surface area (Å²) in [4.78, 5) is 0. The van der Waals surface area contributed by atoms with Crippen LogP contribution in [-0.2, 0) is 4.74 Å². The SMILES string of the molecule is CC1=CCCC2(C)CCC3CC12OC3(C)C. The van der Waals surface area contributed by atoms with Crippen LogP contribution in [0.25, 0.3) is 0 Å². The van der Waals surface area contributed by atoms with E-state index in [-0.39, 0.29) is 11.2 Å².